The van der Waals surface area contributed by atoms with E-state index in [9.17, 15) is 9.90 Å². The van der Waals surface area contributed by atoms with E-state index in [0.29, 0.717) is 12.3 Å². The fourth-order valence-corrected chi connectivity index (χ4v) is 6.17. The fourth-order valence-electron chi connectivity index (χ4n) is 4.87. The number of ether oxygens (including phenoxy) is 1. The van der Waals surface area contributed by atoms with E-state index < -0.39 is 25.6 Å². The van der Waals surface area contributed by atoms with Crippen LogP contribution in [0.5, 0.6) is 0 Å². The van der Waals surface area contributed by atoms with Crippen molar-refractivity contribution in [2.75, 3.05) is 0 Å². The molecule has 3 aliphatic carbocycles. The number of aliphatic imine (C=N–C) groups is 1. The van der Waals surface area contributed by atoms with Gasteiger partial charge in [0, 0.05) is 18.2 Å². The van der Waals surface area contributed by atoms with E-state index in [1.165, 1.54) is 0 Å². The molecule has 3 fully saturated rings. The van der Waals surface area contributed by atoms with Gasteiger partial charge in [0.25, 0.3) is 0 Å². The minimum atomic E-state index is -1.72. The van der Waals surface area contributed by atoms with E-state index in [-0.39, 0.29) is 23.4 Å². The van der Waals surface area contributed by atoms with Crippen LogP contribution in [0.1, 0.15) is 67.7 Å². The van der Waals surface area contributed by atoms with Crippen molar-refractivity contribution in [3.8, 4) is 0 Å². The van der Waals surface area contributed by atoms with Crippen molar-refractivity contribution >= 4 is 20.0 Å². The molecule has 0 aromatic carbocycles. The predicted octanol–water partition coefficient (Wildman–Crippen LogP) is 4.58. The van der Waals surface area contributed by atoms with Crippen LogP contribution >= 0.6 is 0 Å². The van der Waals surface area contributed by atoms with Crippen LogP contribution in [0.25, 0.3) is 0 Å². The van der Waals surface area contributed by atoms with Gasteiger partial charge < -0.3 is 14.3 Å². The van der Waals surface area contributed by atoms with Gasteiger partial charge in [-0.1, -0.05) is 13.8 Å². The van der Waals surface area contributed by atoms with Gasteiger partial charge >= 0.3 is 5.97 Å². The molecule has 0 unspecified atom stereocenters. The zero-order valence-electron chi connectivity index (χ0n) is 19.5. The quantitative estimate of drug-likeness (QED) is 0.513. The zero-order chi connectivity index (χ0) is 21.7. The Morgan fingerprint density at radius 2 is 1.86 bits per heavy atom. The third kappa shape index (κ3) is 5.25. The summed E-state index contributed by atoms with van der Waals surface area (Å²) >= 11 is 0. The number of esters is 1. The van der Waals surface area contributed by atoms with Gasteiger partial charge in [0.2, 0.25) is 0 Å². The van der Waals surface area contributed by atoms with Crippen molar-refractivity contribution in [3.05, 3.63) is 0 Å². The summed E-state index contributed by atoms with van der Waals surface area (Å²) in [6, 6.07) is -0.646. The first-order chi connectivity index (χ1) is 12.4. The largest absolute Gasteiger partial charge is 0.458 e. The van der Waals surface area contributed by atoms with Crippen LogP contribution < -0.4 is 0 Å². The number of carbonyl (C=O) groups excluding carboxylic acids is 1. The molecule has 0 spiro atoms. The maximum atomic E-state index is 12.9. The predicted molar refractivity (Wildman–Crippen MR) is 116 cm³/mol. The Morgan fingerprint density at radius 1 is 1.29 bits per heavy atom. The van der Waals surface area contributed by atoms with E-state index >= 15 is 0 Å². The van der Waals surface area contributed by atoms with Crippen molar-refractivity contribution in [3.63, 3.8) is 0 Å². The number of hydrogen-bond donors (Lipinski definition) is 1. The average molecular weight is 412 g/mol. The molecule has 1 N–H and O–H groups in total. The molecule has 3 rings (SSSR count). The highest BCUT2D eigenvalue weighted by atomic mass is 28.4. The summed E-state index contributed by atoms with van der Waals surface area (Å²) in [5.41, 5.74) is -0.666. The Kier molecular flexibility index (Phi) is 6.32. The average Bonchev–Trinajstić information content (AvgIpc) is 2.43. The van der Waals surface area contributed by atoms with E-state index in [0.717, 1.165) is 18.6 Å². The number of fused-ring (bicyclic) bond motifs is 2. The van der Waals surface area contributed by atoms with E-state index in [2.05, 4.69) is 33.5 Å². The van der Waals surface area contributed by atoms with Crippen LogP contribution in [0, 0.1) is 17.3 Å². The van der Waals surface area contributed by atoms with Crippen LogP contribution in [0.4, 0.5) is 0 Å². The number of hydrogen-bond acceptors (Lipinski definition) is 5. The summed E-state index contributed by atoms with van der Waals surface area (Å²) in [5.74, 6) is 0.374. The molecule has 0 saturated heterocycles. The highest BCUT2D eigenvalue weighted by Gasteiger charge is 2.61. The lowest BCUT2D eigenvalue weighted by molar-refractivity contribution is -0.157. The molecule has 3 saturated carbocycles. The summed E-state index contributed by atoms with van der Waals surface area (Å²) in [6.45, 7) is 20.3. The molecule has 3 aliphatic rings. The third-order valence-corrected chi connectivity index (χ3v) is 7.38. The van der Waals surface area contributed by atoms with Crippen molar-refractivity contribution in [1.29, 1.82) is 0 Å². The molecular weight excluding hydrogens is 370 g/mol. The molecule has 162 valence electrons. The summed E-state index contributed by atoms with van der Waals surface area (Å²) in [6.07, 6.45) is 2.16. The SMILES string of the molecule is C[C@@H](C[C@H](N=C1C[C@H]2C[C@H](C2(C)C)[C@@]1(C)O)C(=O)OC(C)(C)C)O[Si](C)(C)C. The van der Waals surface area contributed by atoms with E-state index in [1.54, 1.807) is 0 Å². The van der Waals surface area contributed by atoms with Gasteiger partial charge in [-0.15, -0.1) is 0 Å². The summed E-state index contributed by atoms with van der Waals surface area (Å²) in [4.78, 5) is 17.7. The van der Waals surface area contributed by atoms with Gasteiger partial charge in [0.1, 0.15) is 17.2 Å². The first kappa shape index (κ1) is 23.6. The lowest BCUT2D eigenvalue weighted by Crippen LogP contribution is -2.65. The maximum absolute atomic E-state index is 12.9. The monoisotopic (exact) mass is 411 g/mol. The minimum absolute atomic E-state index is 0.0898. The van der Waals surface area contributed by atoms with Crippen molar-refractivity contribution < 1.29 is 19.1 Å². The maximum Gasteiger partial charge on any atom is 0.331 e. The minimum Gasteiger partial charge on any atom is -0.458 e. The zero-order valence-corrected chi connectivity index (χ0v) is 20.5. The summed E-state index contributed by atoms with van der Waals surface area (Å²) < 4.78 is 11.8. The van der Waals surface area contributed by atoms with Gasteiger partial charge in [-0.05, 0) is 84.4 Å². The fraction of sp³-hybridized carbons (Fsp3) is 0.909. The molecule has 5 atom stereocenters. The smallest absolute Gasteiger partial charge is 0.331 e. The van der Waals surface area contributed by atoms with Crippen molar-refractivity contribution in [2.45, 2.75) is 111 Å². The summed E-state index contributed by atoms with van der Waals surface area (Å²) in [5, 5.41) is 11.3. The van der Waals surface area contributed by atoms with Crippen LogP contribution in [-0.4, -0.2) is 48.5 Å². The van der Waals surface area contributed by atoms with Crippen molar-refractivity contribution in [1.82, 2.24) is 0 Å². The number of carbonyl (C=O) groups is 1. The second kappa shape index (κ2) is 7.51. The van der Waals surface area contributed by atoms with Crippen molar-refractivity contribution in [2.24, 2.45) is 22.2 Å². The third-order valence-electron chi connectivity index (χ3n) is 6.27. The molecule has 0 aromatic heterocycles. The first-order valence-electron chi connectivity index (χ1n) is 10.6. The normalized spacial score (nSPS) is 33.2. The Labute approximate surface area is 172 Å². The van der Waals surface area contributed by atoms with E-state index in [1.807, 2.05) is 34.6 Å². The number of aliphatic hydroxyl groups is 1. The molecule has 2 bridgehead atoms. The molecule has 5 nitrogen and oxygen atoms in total. The Hall–Kier alpha value is -0.723. The highest BCUT2D eigenvalue weighted by Crippen LogP contribution is 2.61. The molecular formula is C22H41NO4Si. The van der Waals surface area contributed by atoms with Crippen LogP contribution in [0.3, 0.4) is 0 Å². The number of rotatable bonds is 6. The Balaban J connectivity index is 2.26. The lowest BCUT2D eigenvalue weighted by Gasteiger charge is -2.62. The topological polar surface area (TPSA) is 68.1 Å². The Morgan fingerprint density at radius 3 is 2.29 bits per heavy atom. The van der Waals surface area contributed by atoms with E-state index in [4.69, 9.17) is 14.2 Å². The number of nitrogens with zero attached hydrogens (tertiary/aromatic N) is 1. The van der Waals surface area contributed by atoms with Crippen LogP contribution in [0.15, 0.2) is 4.99 Å². The molecule has 0 aromatic rings. The molecule has 0 heterocycles. The molecule has 28 heavy (non-hydrogen) atoms. The standard InChI is InChI=1S/C22H41NO4Si/c1-14(27-28(8,9)10)11-16(19(24)26-20(2,3)4)23-18-13-15-12-17(21(15,5)6)22(18,7)25/h14-17,25H,11-13H2,1-10H3/t14-,15+,16-,17+,22+/m0/s1. The summed E-state index contributed by atoms with van der Waals surface area (Å²) in [7, 11) is -1.72. The Bertz CT molecular complexity index is 627. The van der Waals surface area contributed by atoms with Crippen LogP contribution in [0.2, 0.25) is 19.6 Å². The molecule has 0 amide bonds. The van der Waals surface area contributed by atoms with Gasteiger partial charge in [-0.2, -0.15) is 0 Å². The first-order valence-corrected chi connectivity index (χ1v) is 14.0. The second-order valence-corrected chi connectivity index (χ2v) is 16.0. The van der Waals surface area contributed by atoms with Crippen LogP contribution in [-0.2, 0) is 14.0 Å². The van der Waals surface area contributed by atoms with Gasteiger partial charge in [-0.3, -0.25) is 4.99 Å². The lowest BCUT2D eigenvalue weighted by atomic mass is 9.44. The van der Waals surface area contributed by atoms with Gasteiger partial charge in [-0.25, -0.2) is 4.79 Å². The second-order valence-electron chi connectivity index (χ2n) is 11.6. The van der Waals surface area contributed by atoms with Gasteiger partial charge in [0.05, 0.1) is 0 Å². The highest BCUT2D eigenvalue weighted by molar-refractivity contribution is 6.69. The molecule has 0 aliphatic heterocycles. The molecule has 0 radical (unpaired) electrons. The molecule has 6 heteroatoms. The van der Waals surface area contributed by atoms with Gasteiger partial charge in [0.15, 0.2) is 8.32 Å².